The number of carbonyl (C=O) groups is 1. The van der Waals surface area contributed by atoms with Gasteiger partial charge < -0.3 is 14.8 Å². The minimum Gasteiger partial charge on any atom is -0.475 e. The molecule has 2 aromatic rings. The van der Waals surface area contributed by atoms with Crippen LogP contribution >= 0.6 is 0 Å². The third-order valence-corrected chi connectivity index (χ3v) is 5.10. The highest BCUT2D eigenvalue weighted by molar-refractivity contribution is 5.91. The predicted octanol–water partition coefficient (Wildman–Crippen LogP) is 3.41. The highest BCUT2D eigenvalue weighted by Gasteiger charge is 2.38. The molecule has 2 saturated carbocycles. The number of rotatable bonds is 4. The Morgan fingerprint density at radius 2 is 2.19 bits per heavy atom. The molecule has 0 saturated heterocycles. The van der Waals surface area contributed by atoms with Crippen molar-refractivity contribution < 1.29 is 14.3 Å². The number of benzene rings is 1. The monoisotopic (exact) mass is 285 g/mol. The molecule has 4 heteroatoms. The van der Waals surface area contributed by atoms with Crippen LogP contribution in [0.4, 0.5) is 0 Å². The first kappa shape index (κ1) is 12.9. The molecule has 2 aliphatic rings. The van der Waals surface area contributed by atoms with Gasteiger partial charge in [-0.1, -0.05) is 12.5 Å². The maximum atomic E-state index is 10.9. The summed E-state index contributed by atoms with van der Waals surface area (Å²) in [5, 5.41) is 13.5. The van der Waals surface area contributed by atoms with Crippen LogP contribution in [0, 0.1) is 11.8 Å². The summed E-state index contributed by atoms with van der Waals surface area (Å²) in [4.78, 5) is 10.9. The van der Waals surface area contributed by atoms with Gasteiger partial charge >= 0.3 is 5.97 Å². The zero-order valence-electron chi connectivity index (χ0n) is 11.8. The lowest BCUT2D eigenvalue weighted by Crippen LogP contribution is -2.33. The van der Waals surface area contributed by atoms with Crippen LogP contribution in [0.5, 0.6) is 0 Å². The van der Waals surface area contributed by atoms with Crippen molar-refractivity contribution in [2.45, 2.75) is 38.3 Å². The van der Waals surface area contributed by atoms with E-state index in [4.69, 9.17) is 9.52 Å². The van der Waals surface area contributed by atoms with E-state index in [1.54, 1.807) is 6.07 Å². The first-order valence-corrected chi connectivity index (χ1v) is 7.68. The van der Waals surface area contributed by atoms with Crippen molar-refractivity contribution >= 4 is 16.9 Å². The topological polar surface area (TPSA) is 62.5 Å². The molecule has 0 radical (unpaired) electrons. The van der Waals surface area contributed by atoms with Gasteiger partial charge in [0.05, 0.1) is 0 Å². The van der Waals surface area contributed by atoms with E-state index in [0.717, 1.165) is 23.8 Å². The molecule has 2 fully saturated rings. The van der Waals surface area contributed by atoms with Crippen LogP contribution < -0.4 is 5.32 Å². The van der Waals surface area contributed by atoms with Crippen LogP contribution in [0.3, 0.4) is 0 Å². The van der Waals surface area contributed by atoms with Gasteiger partial charge in [0.2, 0.25) is 5.76 Å². The highest BCUT2D eigenvalue weighted by Crippen LogP contribution is 2.44. The summed E-state index contributed by atoms with van der Waals surface area (Å²) in [5.41, 5.74) is 1.82. The van der Waals surface area contributed by atoms with E-state index >= 15 is 0 Å². The Labute approximate surface area is 123 Å². The van der Waals surface area contributed by atoms with Gasteiger partial charge in [-0.25, -0.2) is 4.79 Å². The Hall–Kier alpha value is -1.81. The number of nitrogens with one attached hydrogen (secondary N) is 1. The van der Waals surface area contributed by atoms with Crippen LogP contribution in [0.1, 0.15) is 41.8 Å². The van der Waals surface area contributed by atoms with Crippen LogP contribution in [-0.4, -0.2) is 17.1 Å². The quantitative estimate of drug-likeness (QED) is 0.903. The molecular weight excluding hydrogens is 266 g/mol. The molecule has 3 unspecified atom stereocenters. The molecule has 1 aromatic heterocycles. The van der Waals surface area contributed by atoms with E-state index in [9.17, 15) is 4.79 Å². The number of hydrogen-bond donors (Lipinski definition) is 2. The SMILES string of the molecule is O=C(O)c1cc2cc(CNC3CC4CCC3C4)ccc2o1. The molecule has 0 amide bonds. The lowest BCUT2D eigenvalue weighted by Gasteiger charge is -2.23. The van der Waals surface area contributed by atoms with Gasteiger partial charge in [0.15, 0.2) is 0 Å². The van der Waals surface area contributed by atoms with Crippen LogP contribution in [0.15, 0.2) is 28.7 Å². The molecule has 3 atom stereocenters. The van der Waals surface area contributed by atoms with Crippen LogP contribution in [-0.2, 0) is 6.54 Å². The van der Waals surface area contributed by atoms with E-state index in [1.165, 1.54) is 31.2 Å². The molecule has 0 aliphatic heterocycles. The number of carboxylic acids is 1. The Balaban J connectivity index is 1.47. The summed E-state index contributed by atoms with van der Waals surface area (Å²) < 4.78 is 5.28. The van der Waals surface area contributed by atoms with Gasteiger partial charge in [0.25, 0.3) is 0 Å². The number of carboxylic acid groups (broad SMARTS) is 1. The fraction of sp³-hybridized carbons (Fsp3) is 0.471. The average molecular weight is 285 g/mol. The summed E-state index contributed by atoms with van der Waals surface area (Å²) in [7, 11) is 0. The Kier molecular flexibility index (Phi) is 3.00. The first-order chi connectivity index (χ1) is 10.2. The predicted molar refractivity (Wildman–Crippen MR) is 79.2 cm³/mol. The Bertz CT molecular complexity index is 690. The lowest BCUT2D eigenvalue weighted by molar-refractivity contribution is 0.0665. The largest absolute Gasteiger partial charge is 0.475 e. The fourth-order valence-electron chi connectivity index (χ4n) is 4.05. The van der Waals surface area contributed by atoms with Gasteiger partial charge in [0, 0.05) is 18.0 Å². The summed E-state index contributed by atoms with van der Waals surface area (Å²) in [5.74, 6) is 0.796. The summed E-state index contributed by atoms with van der Waals surface area (Å²) in [6, 6.07) is 8.15. The second kappa shape index (κ2) is 4.88. The molecule has 0 spiro atoms. The van der Waals surface area contributed by atoms with Crippen molar-refractivity contribution in [1.29, 1.82) is 0 Å². The van der Waals surface area contributed by atoms with Crippen LogP contribution in [0.25, 0.3) is 11.0 Å². The maximum absolute atomic E-state index is 10.9. The lowest BCUT2D eigenvalue weighted by atomic mass is 9.95. The summed E-state index contributed by atoms with van der Waals surface area (Å²) in [6.45, 7) is 0.845. The van der Waals surface area contributed by atoms with E-state index in [-0.39, 0.29) is 5.76 Å². The minimum atomic E-state index is -1.02. The second-order valence-electron chi connectivity index (χ2n) is 6.45. The van der Waals surface area contributed by atoms with Gasteiger partial charge in [0.1, 0.15) is 5.58 Å². The van der Waals surface area contributed by atoms with E-state index in [0.29, 0.717) is 11.6 Å². The standard InChI is InChI=1S/C17H19NO3/c19-17(20)16-8-13-6-11(2-4-15(13)21-16)9-18-14-7-10-1-3-12(14)5-10/h2,4,6,8,10,12,14,18H,1,3,5,7,9H2,(H,19,20). The Morgan fingerprint density at radius 1 is 1.29 bits per heavy atom. The average Bonchev–Trinajstić information content (AvgIpc) is 3.18. The third-order valence-electron chi connectivity index (χ3n) is 5.10. The summed E-state index contributed by atoms with van der Waals surface area (Å²) >= 11 is 0. The summed E-state index contributed by atoms with van der Waals surface area (Å²) in [6.07, 6.45) is 5.52. The van der Waals surface area contributed by atoms with Crippen molar-refractivity contribution in [1.82, 2.24) is 5.32 Å². The molecule has 4 rings (SSSR count). The number of fused-ring (bicyclic) bond motifs is 3. The molecule has 2 N–H and O–H groups in total. The highest BCUT2D eigenvalue weighted by atomic mass is 16.4. The van der Waals surface area contributed by atoms with E-state index in [2.05, 4.69) is 5.32 Å². The second-order valence-corrected chi connectivity index (χ2v) is 6.45. The smallest absolute Gasteiger partial charge is 0.371 e. The van der Waals surface area contributed by atoms with Gasteiger partial charge in [-0.3, -0.25) is 0 Å². The zero-order valence-corrected chi connectivity index (χ0v) is 11.8. The van der Waals surface area contributed by atoms with Crippen molar-refractivity contribution in [3.05, 3.63) is 35.6 Å². The molecule has 4 nitrogen and oxygen atoms in total. The molecule has 2 bridgehead atoms. The number of aromatic carboxylic acids is 1. The first-order valence-electron chi connectivity index (χ1n) is 7.68. The molecule has 1 aromatic carbocycles. The molecule has 1 heterocycles. The van der Waals surface area contributed by atoms with Crippen molar-refractivity contribution in [3.63, 3.8) is 0 Å². The third kappa shape index (κ3) is 2.33. The van der Waals surface area contributed by atoms with E-state index < -0.39 is 5.97 Å². The minimum absolute atomic E-state index is 0.00297. The van der Waals surface area contributed by atoms with E-state index in [1.807, 2.05) is 18.2 Å². The normalized spacial score (nSPS) is 27.5. The van der Waals surface area contributed by atoms with Gasteiger partial charge in [-0.05, 0) is 54.9 Å². The van der Waals surface area contributed by atoms with Gasteiger partial charge in [-0.2, -0.15) is 0 Å². The van der Waals surface area contributed by atoms with Crippen molar-refractivity contribution in [2.24, 2.45) is 11.8 Å². The molecule has 110 valence electrons. The number of hydrogen-bond acceptors (Lipinski definition) is 3. The Morgan fingerprint density at radius 3 is 2.90 bits per heavy atom. The zero-order chi connectivity index (χ0) is 14.4. The van der Waals surface area contributed by atoms with Crippen LogP contribution in [0.2, 0.25) is 0 Å². The fourth-order valence-corrected chi connectivity index (χ4v) is 4.05. The molecular formula is C17H19NO3. The number of furan rings is 1. The van der Waals surface area contributed by atoms with Crippen molar-refractivity contribution in [3.8, 4) is 0 Å². The van der Waals surface area contributed by atoms with Gasteiger partial charge in [-0.15, -0.1) is 0 Å². The maximum Gasteiger partial charge on any atom is 0.371 e. The molecule has 2 aliphatic carbocycles. The molecule has 21 heavy (non-hydrogen) atoms. The van der Waals surface area contributed by atoms with Crippen molar-refractivity contribution in [2.75, 3.05) is 0 Å².